The molecule has 186 valence electrons. The van der Waals surface area contributed by atoms with Crippen LogP contribution in [0.15, 0.2) is 53.4 Å². The highest BCUT2D eigenvalue weighted by Crippen LogP contribution is 2.30. The zero-order valence-electron chi connectivity index (χ0n) is 19.2. The van der Waals surface area contributed by atoms with Crippen LogP contribution in [0.5, 0.6) is 0 Å². The minimum Gasteiger partial charge on any atom is -0.465 e. The summed E-state index contributed by atoms with van der Waals surface area (Å²) in [6.07, 6.45) is 5.40. The second-order valence-electron chi connectivity index (χ2n) is 7.59. The fourth-order valence-electron chi connectivity index (χ4n) is 3.23. The zero-order valence-corrected chi connectivity index (χ0v) is 20.8. The van der Waals surface area contributed by atoms with Gasteiger partial charge in [-0.1, -0.05) is 29.7 Å². The van der Waals surface area contributed by atoms with Crippen LogP contribution >= 0.6 is 11.6 Å². The van der Waals surface area contributed by atoms with Crippen LogP contribution in [-0.4, -0.2) is 45.8 Å². The third-order valence-corrected chi connectivity index (χ3v) is 7.32. The number of nitrogens with zero attached hydrogens (tertiary/aromatic N) is 1. The van der Waals surface area contributed by atoms with Crippen LogP contribution in [0.1, 0.15) is 26.3 Å². The highest BCUT2D eigenvalue weighted by atomic mass is 35.5. The van der Waals surface area contributed by atoms with E-state index in [0.717, 1.165) is 35.7 Å². The smallest absolute Gasteiger partial charge is 0.339 e. The van der Waals surface area contributed by atoms with Gasteiger partial charge in [-0.2, -0.15) is 0 Å². The molecule has 0 saturated heterocycles. The summed E-state index contributed by atoms with van der Waals surface area (Å²) < 4.78 is 58.6. The van der Waals surface area contributed by atoms with Gasteiger partial charge in [0.05, 0.1) is 33.8 Å². The number of anilines is 1. The number of carbonyl (C=O) groups excluding carboxylic acids is 2. The molecule has 11 heteroatoms. The molecule has 0 aliphatic heterocycles. The number of ether oxygens (including phenoxy) is 1. The molecular formula is C25H19ClF2N2O5S. The molecule has 3 aromatic carbocycles. The van der Waals surface area contributed by atoms with Crippen LogP contribution in [0.25, 0.3) is 11.1 Å². The molecule has 1 N–H and O–H groups in total. The average molecular weight is 533 g/mol. The molecule has 7 nitrogen and oxygen atoms in total. The first-order valence-corrected chi connectivity index (χ1v) is 11.9. The third-order valence-electron chi connectivity index (χ3n) is 5.15. The highest BCUT2D eigenvalue weighted by Gasteiger charge is 2.27. The number of esters is 1. The molecule has 0 saturated carbocycles. The third kappa shape index (κ3) is 5.23. The first-order chi connectivity index (χ1) is 16.9. The standard InChI is InChI=1S/C25H19ClF2N2O5S/c1-5-14-12-23(36(33,34)30(2)3)18(13-19(14)26)24(31)29-22-11-16(6-8-17(22)25(32)35-4)15-7-9-20(27)21(28)10-15/h1,6-13H,2-4H3,(H,29,31). The predicted octanol–water partition coefficient (Wildman–Crippen LogP) is 4.56. The molecular weight excluding hydrogens is 514 g/mol. The second kappa shape index (κ2) is 10.5. The van der Waals surface area contributed by atoms with E-state index >= 15 is 0 Å². The fourth-order valence-corrected chi connectivity index (χ4v) is 4.54. The minimum atomic E-state index is -4.14. The summed E-state index contributed by atoms with van der Waals surface area (Å²) in [4.78, 5) is 25.2. The Morgan fingerprint density at radius 3 is 2.22 bits per heavy atom. The monoisotopic (exact) mass is 532 g/mol. The van der Waals surface area contributed by atoms with Gasteiger partial charge < -0.3 is 10.1 Å². The van der Waals surface area contributed by atoms with Gasteiger partial charge in [0.2, 0.25) is 10.0 Å². The van der Waals surface area contributed by atoms with Crippen molar-refractivity contribution in [1.82, 2.24) is 4.31 Å². The zero-order chi connectivity index (χ0) is 26.8. The van der Waals surface area contributed by atoms with Crippen molar-refractivity contribution >= 4 is 39.2 Å². The van der Waals surface area contributed by atoms with Crippen LogP contribution in [0.4, 0.5) is 14.5 Å². The van der Waals surface area contributed by atoms with Crippen molar-refractivity contribution in [3.8, 4) is 23.5 Å². The largest absolute Gasteiger partial charge is 0.465 e. The first-order valence-electron chi connectivity index (χ1n) is 10.1. The summed E-state index contributed by atoms with van der Waals surface area (Å²) >= 11 is 6.14. The topological polar surface area (TPSA) is 92.8 Å². The van der Waals surface area contributed by atoms with E-state index in [4.69, 9.17) is 22.8 Å². The molecule has 0 bridgehead atoms. The summed E-state index contributed by atoms with van der Waals surface area (Å²) in [5.74, 6) is -1.59. The van der Waals surface area contributed by atoms with Crippen LogP contribution < -0.4 is 5.32 Å². The van der Waals surface area contributed by atoms with Crippen LogP contribution in [0.3, 0.4) is 0 Å². The highest BCUT2D eigenvalue weighted by molar-refractivity contribution is 7.89. The molecule has 0 aliphatic carbocycles. The van der Waals surface area contributed by atoms with Crippen molar-refractivity contribution < 1.29 is 31.5 Å². The molecule has 0 fully saturated rings. The molecule has 3 aromatic rings. The van der Waals surface area contributed by atoms with E-state index in [2.05, 4.69) is 11.2 Å². The van der Waals surface area contributed by atoms with Crippen molar-refractivity contribution in [2.75, 3.05) is 26.5 Å². The van der Waals surface area contributed by atoms with Crippen LogP contribution in [-0.2, 0) is 14.8 Å². The van der Waals surface area contributed by atoms with Gasteiger partial charge in [0.25, 0.3) is 5.91 Å². The van der Waals surface area contributed by atoms with Gasteiger partial charge in [-0.3, -0.25) is 4.79 Å². The molecule has 0 atom stereocenters. The summed E-state index contributed by atoms with van der Waals surface area (Å²) in [6, 6.07) is 9.54. The van der Waals surface area contributed by atoms with Crippen molar-refractivity contribution in [3.63, 3.8) is 0 Å². The van der Waals surface area contributed by atoms with Crippen LogP contribution in [0, 0.1) is 24.0 Å². The van der Waals surface area contributed by atoms with E-state index in [1.165, 1.54) is 38.4 Å². The Labute approximate surface area is 211 Å². The van der Waals surface area contributed by atoms with Gasteiger partial charge in [0, 0.05) is 19.7 Å². The number of rotatable bonds is 6. The number of carbonyl (C=O) groups is 2. The van der Waals surface area contributed by atoms with Crippen molar-refractivity contribution in [1.29, 1.82) is 0 Å². The number of nitrogens with one attached hydrogen (secondary N) is 1. The normalized spacial score (nSPS) is 11.2. The fraction of sp³-hybridized carbons (Fsp3) is 0.120. The molecule has 0 unspecified atom stereocenters. The van der Waals surface area contributed by atoms with Crippen molar-refractivity contribution in [3.05, 3.63) is 81.9 Å². The molecule has 0 heterocycles. The number of terminal acetylenes is 1. The maximum atomic E-state index is 13.8. The van der Waals surface area contributed by atoms with E-state index in [0.29, 0.717) is 5.56 Å². The summed E-state index contributed by atoms with van der Waals surface area (Å²) in [5.41, 5.74) is 0.183. The number of methoxy groups -OCH3 is 1. The van der Waals surface area contributed by atoms with Gasteiger partial charge in [-0.25, -0.2) is 26.3 Å². The second-order valence-corrected chi connectivity index (χ2v) is 10.1. The van der Waals surface area contributed by atoms with E-state index in [-0.39, 0.29) is 33.0 Å². The predicted molar refractivity (Wildman–Crippen MR) is 131 cm³/mol. The number of halogens is 3. The van der Waals surface area contributed by atoms with E-state index < -0.39 is 38.4 Å². The molecule has 0 aromatic heterocycles. The Morgan fingerprint density at radius 1 is 1.00 bits per heavy atom. The van der Waals surface area contributed by atoms with Crippen molar-refractivity contribution in [2.24, 2.45) is 0 Å². The van der Waals surface area contributed by atoms with Crippen LogP contribution in [0.2, 0.25) is 5.02 Å². The van der Waals surface area contributed by atoms with Gasteiger partial charge in [0.15, 0.2) is 11.6 Å². The average Bonchev–Trinajstić information content (AvgIpc) is 2.84. The SMILES string of the molecule is C#Cc1cc(S(=O)(=O)N(C)C)c(C(=O)Nc2cc(-c3ccc(F)c(F)c3)ccc2C(=O)OC)cc1Cl. The Kier molecular flexibility index (Phi) is 7.79. The lowest BCUT2D eigenvalue weighted by Gasteiger charge is -2.17. The molecule has 0 radical (unpaired) electrons. The maximum Gasteiger partial charge on any atom is 0.339 e. The number of hydrogen-bond acceptors (Lipinski definition) is 5. The Bertz CT molecular complexity index is 1530. The van der Waals surface area contributed by atoms with Gasteiger partial charge in [-0.05, 0) is 47.5 Å². The number of amides is 1. The van der Waals surface area contributed by atoms with Crippen molar-refractivity contribution in [2.45, 2.75) is 4.90 Å². The first kappa shape index (κ1) is 26.8. The summed E-state index contributed by atoms with van der Waals surface area (Å²) in [6.45, 7) is 0. The summed E-state index contributed by atoms with van der Waals surface area (Å²) in [5, 5.41) is 2.46. The van der Waals surface area contributed by atoms with E-state index in [1.807, 2.05) is 0 Å². The van der Waals surface area contributed by atoms with Gasteiger partial charge in [-0.15, -0.1) is 6.42 Å². The lowest BCUT2D eigenvalue weighted by molar-refractivity contribution is 0.0602. The Balaban J connectivity index is 2.16. The molecule has 1 amide bonds. The van der Waals surface area contributed by atoms with E-state index in [1.54, 1.807) is 0 Å². The van der Waals surface area contributed by atoms with Gasteiger partial charge in [0.1, 0.15) is 0 Å². The Morgan fingerprint density at radius 2 is 1.64 bits per heavy atom. The lowest BCUT2D eigenvalue weighted by Crippen LogP contribution is -2.26. The lowest BCUT2D eigenvalue weighted by atomic mass is 10.0. The quantitative estimate of drug-likeness (QED) is 0.371. The maximum absolute atomic E-state index is 13.8. The molecule has 0 aliphatic rings. The molecule has 36 heavy (non-hydrogen) atoms. The minimum absolute atomic E-state index is 0.0379. The summed E-state index contributed by atoms with van der Waals surface area (Å²) in [7, 11) is -0.440. The number of benzene rings is 3. The molecule has 0 spiro atoms. The number of sulfonamides is 1. The van der Waals surface area contributed by atoms with E-state index in [9.17, 15) is 26.8 Å². The van der Waals surface area contributed by atoms with Gasteiger partial charge >= 0.3 is 5.97 Å². The Hall–Kier alpha value is -3.78. The molecule has 3 rings (SSSR count). The number of hydrogen-bond donors (Lipinski definition) is 1.